The fraction of sp³-hybridized carbons (Fsp3) is 0.200. The topological polar surface area (TPSA) is 146 Å². The van der Waals surface area contributed by atoms with Gasteiger partial charge < -0.3 is 20.3 Å². The average Bonchev–Trinajstić information content (AvgIpc) is 3.18. The molecule has 0 saturated carbocycles. The number of fused-ring (bicyclic) bond motifs is 3. The predicted octanol–water partition coefficient (Wildman–Crippen LogP) is 3.40. The van der Waals surface area contributed by atoms with Gasteiger partial charge in [-0.3, -0.25) is 10.1 Å². The van der Waals surface area contributed by atoms with E-state index in [2.05, 4.69) is 5.32 Å². The Morgan fingerprint density at radius 3 is 2.29 bits per heavy atom. The van der Waals surface area contributed by atoms with E-state index in [1.807, 2.05) is 48.5 Å². The first kappa shape index (κ1) is 22.9. The number of nitriles is 1. The SMILES string of the molecule is N#Cc1ccc(C(O)C(O)CNC(=O)OCC2c3ccccc3-c3ccccc32)c([N+](=O)[O-])c1. The lowest BCUT2D eigenvalue weighted by Gasteiger charge is -2.19. The maximum Gasteiger partial charge on any atom is 0.407 e. The minimum absolute atomic E-state index is 0.0499. The van der Waals surface area contributed by atoms with Crippen molar-refractivity contribution in [3.8, 4) is 17.2 Å². The summed E-state index contributed by atoms with van der Waals surface area (Å²) in [5.41, 5.74) is 3.69. The van der Waals surface area contributed by atoms with E-state index in [-0.39, 0.29) is 23.7 Å². The number of nitro groups is 1. The number of aliphatic hydroxyl groups is 2. The van der Waals surface area contributed by atoms with Gasteiger partial charge in [-0.25, -0.2) is 4.79 Å². The van der Waals surface area contributed by atoms with E-state index in [4.69, 9.17) is 10.00 Å². The molecule has 0 bridgehead atoms. The lowest BCUT2D eigenvalue weighted by atomic mass is 9.98. The number of hydrogen-bond donors (Lipinski definition) is 3. The first-order valence-corrected chi connectivity index (χ1v) is 10.5. The molecule has 34 heavy (non-hydrogen) atoms. The summed E-state index contributed by atoms with van der Waals surface area (Å²) in [7, 11) is 0. The van der Waals surface area contributed by atoms with Crippen LogP contribution < -0.4 is 5.32 Å². The molecule has 1 aliphatic rings. The number of carbonyl (C=O) groups is 1. The number of nitrogens with one attached hydrogen (secondary N) is 1. The van der Waals surface area contributed by atoms with Crippen molar-refractivity contribution >= 4 is 11.8 Å². The predicted molar refractivity (Wildman–Crippen MR) is 122 cm³/mol. The summed E-state index contributed by atoms with van der Waals surface area (Å²) < 4.78 is 5.38. The Kier molecular flexibility index (Phi) is 6.54. The Hall–Kier alpha value is -4.26. The Bertz CT molecular complexity index is 1240. The van der Waals surface area contributed by atoms with E-state index in [1.165, 1.54) is 12.1 Å². The van der Waals surface area contributed by atoms with Crippen LogP contribution in [0.2, 0.25) is 0 Å². The number of ether oxygens (including phenoxy) is 1. The number of nitrogens with zero attached hydrogens (tertiary/aromatic N) is 2. The number of alkyl carbamates (subject to hydrolysis) is 1. The quantitative estimate of drug-likeness (QED) is 0.362. The molecule has 0 radical (unpaired) electrons. The molecule has 9 nitrogen and oxygen atoms in total. The van der Waals surface area contributed by atoms with Gasteiger partial charge in [-0.2, -0.15) is 5.26 Å². The minimum atomic E-state index is -1.65. The van der Waals surface area contributed by atoms with Gasteiger partial charge in [0.2, 0.25) is 0 Å². The van der Waals surface area contributed by atoms with Gasteiger partial charge >= 0.3 is 6.09 Å². The minimum Gasteiger partial charge on any atom is -0.449 e. The van der Waals surface area contributed by atoms with Crippen molar-refractivity contribution in [2.45, 2.75) is 18.1 Å². The summed E-state index contributed by atoms with van der Waals surface area (Å²) in [6.07, 6.45) is -3.98. The number of rotatable bonds is 7. The van der Waals surface area contributed by atoms with Crippen LogP contribution in [0, 0.1) is 21.4 Å². The second-order valence-electron chi connectivity index (χ2n) is 7.86. The van der Waals surface area contributed by atoms with Crippen molar-refractivity contribution in [3.05, 3.63) is 99.1 Å². The molecular weight excluding hydrogens is 438 g/mol. The molecule has 0 spiro atoms. The van der Waals surface area contributed by atoms with Crippen molar-refractivity contribution in [3.63, 3.8) is 0 Å². The number of hydrogen-bond acceptors (Lipinski definition) is 7. The highest BCUT2D eigenvalue weighted by atomic mass is 16.6. The number of amides is 1. The molecule has 3 N–H and O–H groups in total. The molecule has 0 saturated heterocycles. The van der Waals surface area contributed by atoms with Crippen LogP contribution in [0.15, 0.2) is 66.7 Å². The first-order chi connectivity index (χ1) is 16.4. The maximum absolute atomic E-state index is 12.3. The van der Waals surface area contributed by atoms with Crippen LogP contribution in [0.25, 0.3) is 11.1 Å². The third kappa shape index (κ3) is 4.45. The van der Waals surface area contributed by atoms with Gasteiger partial charge in [0.1, 0.15) is 18.8 Å². The molecule has 1 aliphatic carbocycles. The standard InChI is InChI=1S/C25H21N3O6/c26-12-15-9-10-20(22(11-15)28(32)33)24(30)23(29)13-27-25(31)34-14-21-18-7-3-1-5-16(18)17-6-2-4-8-19(17)21/h1-11,21,23-24,29-30H,13-14H2,(H,27,31). The van der Waals surface area contributed by atoms with Gasteiger partial charge in [0.25, 0.3) is 5.69 Å². The van der Waals surface area contributed by atoms with E-state index in [9.17, 15) is 25.1 Å². The van der Waals surface area contributed by atoms with Crippen molar-refractivity contribution in [1.82, 2.24) is 5.32 Å². The van der Waals surface area contributed by atoms with Gasteiger partial charge in [-0.15, -0.1) is 0 Å². The lowest BCUT2D eigenvalue weighted by Crippen LogP contribution is -2.36. The van der Waals surface area contributed by atoms with Crippen LogP contribution in [0.3, 0.4) is 0 Å². The molecule has 2 unspecified atom stereocenters. The summed E-state index contributed by atoms with van der Waals surface area (Å²) in [6.45, 7) is -0.311. The summed E-state index contributed by atoms with van der Waals surface area (Å²) in [5.74, 6) is -0.130. The third-order valence-electron chi connectivity index (χ3n) is 5.84. The van der Waals surface area contributed by atoms with E-state index in [1.54, 1.807) is 6.07 Å². The normalized spacial score (nSPS) is 13.8. The molecule has 3 aromatic carbocycles. The Balaban J connectivity index is 1.37. The van der Waals surface area contributed by atoms with Crippen LogP contribution in [-0.4, -0.2) is 40.5 Å². The largest absolute Gasteiger partial charge is 0.449 e. The number of nitro benzene ring substituents is 1. The number of benzene rings is 3. The third-order valence-corrected chi connectivity index (χ3v) is 5.84. The fourth-order valence-electron chi connectivity index (χ4n) is 4.18. The second-order valence-corrected chi connectivity index (χ2v) is 7.86. The average molecular weight is 459 g/mol. The Labute approximate surface area is 195 Å². The molecule has 3 aromatic rings. The van der Waals surface area contributed by atoms with Gasteiger partial charge in [-0.1, -0.05) is 48.5 Å². The van der Waals surface area contributed by atoms with Crippen LogP contribution in [0.4, 0.5) is 10.5 Å². The Morgan fingerprint density at radius 1 is 1.09 bits per heavy atom. The van der Waals surface area contributed by atoms with Crippen molar-refractivity contribution in [1.29, 1.82) is 5.26 Å². The number of aliphatic hydroxyl groups excluding tert-OH is 2. The zero-order valence-corrected chi connectivity index (χ0v) is 17.9. The lowest BCUT2D eigenvalue weighted by molar-refractivity contribution is -0.386. The number of carbonyl (C=O) groups excluding carboxylic acids is 1. The van der Waals surface area contributed by atoms with Crippen LogP contribution in [0.1, 0.15) is 34.3 Å². The molecule has 9 heteroatoms. The summed E-state index contributed by atoms with van der Waals surface area (Å²) in [4.78, 5) is 22.8. The highest BCUT2D eigenvalue weighted by Gasteiger charge is 2.30. The van der Waals surface area contributed by atoms with Gasteiger partial charge in [0.15, 0.2) is 0 Å². The van der Waals surface area contributed by atoms with Gasteiger partial charge in [0.05, 0.1) is 22.1 Å². The van der Waals surface area contributed by atoms with Gasteiger partial charge in [0, 0.05) is 18.5 Å². The molecule has 0 heterocycles. The molecule has 0 fully saturated rings. The van der Waals surface area contributed by atoms with Crippen LogP contribution in [-0.2, 0) is 4.74 Å². The van der Waals surface area contributed by atoms with E-state index >= 15 is 0 Å². The Morgan fingerprint density at radius 2 is 1.71 bits per heavy atom. The van der Waals surface area contributed by atoms with E-state index in [0.29, 0.717) is 0 Å². The van der Waals surface area contributed by atoms with Crippen molar-refractivity contribution in [2.24, 2.45) is 0 Å². The molecule has 4 rings (SSSR count). The highest BCUT2D eigenvalue weighted by Crippen LogP contribution is 2.44. The smallest absolute Gasteiger partial charge is 0.407 e. The fourth-order valence-corrected chi connectivity index (χ4v) is 4.18. The monoisotopic (exact) mass is 459 g/mol. The first-order valence-electron chi connectivity index (χ1n) is 10.5. The molecule has 0 aliphatic heterocycles. The zero-order chi connectivity index (χ0) is 24.2. The highest BCUT2D eigenvalue weighted by molar-refractivity contribution is 5.79. The van der Waals surface area contributed by atoms with Crippen molar-refractivity contribution in [2.75, 3.05) is 13.2 Å². The molecule has 0 aromatic heterocycles. The second kappa shape index (κ2) is 9.70. The summed E-state index contributed by atoms with van der Waals surface area (Å²) in [6, 6.07) is 21.1. The van der Waals surface area contributed by atoms with E-state index < -0.39 is 35.5 Å². The molecular formula is C25H21N3O6. The van der Waals surface area contributed by atoms with Gasteiger partial charge in [-0.05, 0) is 34.4 Å². The molecule has 2 atom stereocenters. The van der Waals surface area contributed by atoms with Crippen molar-refractivity contribution < 1.29 is 24.7 Å². The zero-order valence-electron chi connectivity index (χ0n) is 17.9. The van der Waals surface area contributed by atoms with Crippen LogP contribution >= 0.6 is 0 Å². The maximum atomic E-state index is 12.3. The summed E-state index contributed by atoms with van der Waals surface area (Å²) >= 11 is 0. The van der Waals surface area contributed by atoms with E-state index in [0.717, 1.165) is 28.3 Å². The molecule has 172 valence electrons. The summed E-state index contributed by atoms with van der Waals surface area (Å²) in [5, 5.41) is 43.3. The molecule has 1 amide bonds. The van der Waals surface area contributed by atoms with Crippen LogP contribution in [0.5, 0.6) is 0 Å².